The van der Waals surface area contributed by atoms with Crippen molar-refractivity contribution in [2.75, 3.05) is 18.2 Å². The van der Waals surface area contributed by atoms with Crippen LogP contribution in [0.5, 0.6) is 0 Å². The zero-order valence-corrected chi connectivity index (χ0v) is 13.3. The first-order valence-corrected chi connectivity index (χ1v) is 9.24. The molecule has 2 heterocycles. The fourth-order valence-corrected chi connectivity index (χ4v) is 5.70. The first-order chi connectivity index (χ1) is 9.82. The van der Waals surface area contributed by atoms with Crippen LogP contribution in [0.15, 0.2) is 29.2 Å². The number of halogens is 1. The van der Waals surface area contributed by atoms with Crippen molar-refractivity contribution in [1.82, 2.24) is 0 Å². The number of hydrogen-bond donors (Lipinski definition) is 0. The lowest BCUT2D eigenvalue weighted by molar-refractivity contribution is 0.0343. The van der Waals surface area contributed by atoms with Gasteiger partial charge in [0.2, 0.25) is 0 Å². The standard InChI is InChI=1S/C17H21ClOS/c18-11-17(7-8-19-16(17)12-5-6-12)9-13-10-20-15-4-2-1-3-14(13)15/h1-4,12-13,16H,5-11H2. The molecule has 0 aromatic heterocycles. The predicted octanol–water partition coefficient (Wildman–Crippen LogP) is 4.69. The van der Waals surface area contributed by atoms with Crippen LogP contribution in [0.25, 0.3) is 0 Å². The highest BCUT2D eigenvalue weighted by Crippen LogP contribution is 2.54. The first-order valence-electron chi connectivity index (χ1n) is 7.72. The van der Waals surface area contributed by atoms with Crippen molar-refractivity contribution in [3.63, 3.8) is 0 Å². The summed E-state index contributed by atoms with van der Waals surface area (Å²) in [7, 11) is 0. The van der Waals surface area contributed by atoms with Crippen molar-refractivity contribution in [1.29, 1.82) is 0 Å². The van der Waals surface area contributed by atoms with Crippen molar-refractivity contribution >= 4 is 23.4 Å². The van der Waals surface area contributed by atoms with Gasteiger partial charge >= 0.3 is 0 Å². The van der Waals surface area contributed by atoms with Crippen LogP contribution in [0.2, 0.25) is 0 Å². The molecule has 2 fully saturated rings. The summed E-state index contributed by atoms with van der Waals surface area (Å²) in [4.78, 5) is 1.48. The van der Waals surface area contributed by atoms with E-state index in [-0.39, 0.29) is 5.41 Å². The molecular weight excluding hydrogens is 288 g/mol. The maximum atomic E-state index is 6.45. The van der Waals surface area contributed by atoms with E-state index in [2.05, 4.69) is 24.3 Å². The smallest absolute Gasteiger partial charge is 0.0671 e. The van der Waals surface area contributed by atoms with Crippen LogP contribution in [-0.2, 0) is 4.74 Å². The minimum atomic E-state index is 0.228. The van der Waals surface area contributed by atoms with E-state index in [1.807, 2.05) is 11.8 Å². The molecule has 1 nitrogen and oxygen atoms in total. The fraction of sp³-hybridized carbons (Fsp3) is 0.647. The predicted molar refractivity (Wildman–Crippen MR) is 84.8 cm³/mol. The maximum Gasteiger partial charge on any atom is 0.0671 e. The van der Waals surface area contributed by atoms with Gasteiger partial charge in [0.25, 0.3) is 0 Å². The summed E-state index contributed by atoms with van der Waals surface area (Å²) in [5.74, 6) is 3.44. The Bertz CT molecular complexity index is 502. The van der Waals surface area contributed by atoms with Crippen molar-refractivity contribution in [3.05, 3.63) is 29.8 Å². The zero-order valence-electron chi connectivity index (χ0n) is 11.7. The van der Waals surface area contributed by atoms with Gasteiger partial charge in [-0.1, -0.05) is 18.2 Å². The van der Waals surface area contributed by atoms with E-state index in [0.29, 0.717) is 12.0 Å². The minimum Gasteiger partial charge on any atom is -0.377 e. The average molecular weight is 309 g/mol. The van der Waals surface area contributed by atoms with Gasteiger partial charge in [0.15, 0.2) is 0 Å². The molecule has 3 heteroatoms. The van der Waals surface area contributed by atoms with E-state index in [1.54, 1.807) is 5.56 Å². The number of fused-ring (bicyclic) bond motifs is 1. The van der Waals surface area contributed by atoms with Crippen LogP contribution in [-0.4, -0.2) is 24.3 Å². The molecule has 2 aliphatic heterocycles. The number of hydrogen-bond acceptors (Lipinski definition) is 2. The molecule has 3 unspecified atom stereocenters. The molecule has 0 bridgehead atoms. The average Bonchev–Trinajstić information content (AvgIpc) is 3.12. The summed E-state index contributed by atoms with van der Waals surface area (Å²) >= 11 is 8.46. The summed E-state index contributed by atoms with van der Waals surface area (Å²) < 4.78 is 6.09. The van der Waals surface area contributed by atoms with Crippen molar-refractivity contribution in [3.8, 4) is 0 Å². The molecule has 1 aliphatic carbocycles. The first kappa shape index (κ1) is 13.5. The summed E-state index contributed by atoms with van der Waals surface area (Å²) in [6, 6.07) is 8.90. The third-order valence-electron chi connectivity index (χ3n) is 5.27. The molecule has 0 spiro atoms. The summed E-state index contributed by atoms with van der Waals surface area (Å²) in [6.45, 7) is 0.912. The lowest BCUT2D eigenvalue weighted by Gasteiger charge is -2.34. The third kappa shape index (κ3) is 2.20. The van der Waals surface area contributed by atoms with Crippen LogP contribution in [0.4, 0.5) is 0 Å². The van der Waals surface area contributed by atoms with E-state index >= 15 is 0 Å². The molecule has 1 saturated heterocycles. The molecule has 1 aromatic carbocycles. The van der Waals surface area contributed by atoms with Gasteiger partial charge in [-0.15, -0.1) is 23.4 Å². The number of benzene rings is 1. The summed E-state index contributed by atoms with van der Waals surface area (Å²) in [5, 5.41) is 0. The Hall–Kier alpha value is -0.180. The van der Waals surface area contributed by atoms with Gasteiger partial charge in [0.05, 0.1) is 6.10 Å². The second-order valence-electron chi connectivity index (χ2n) is 6.62. The van der Waals surface area contributed by atoms with Gasteiger partial charge in [-0.3, -0.25) is 0 Å². The summed E-state index contributed by atoms with van der Waals surface area (Å²) in [5.41, 5.74) is 1.77. The molecule has 0 N–H and O–H groups in total. The van der Waals surface area contributed by atoms with E-state index in [0.717, 1.165) is 24.8 Å². The molecule has 3 aliphatic rings. The minimum absolute atomic E-state index is 0.228. The molecule has 108 valence electrons. The third-order valence-corrected chi connectivity index (χ3v) is 7.05. The lowest BCUT2D eigenvalue weighted by atomic mass is 9.73. The van der Waals surface area contributed by atoms with Gasteiger partial charge in [-0.25, -0.2) is 0 Å². The van der Waals surface area contributed by atoms with E-state index in [1.165, 1.54) is 29.9 Å². The highest BCUT2D eigenvalue weighted by atomic mass is 35.5. The second-order valence-corrected chi connectivity index (χ2v) is 7.95. The Labute approximate surface area is 130 Å². The van der Waals surface area contributed by atoms with Gasteiger partial charge in [0.1, 0.15) is 0 Å². The van der Waals surface area contributed by atoms with E-state index in [4.69, 9.17) is 16.3 Å². The molecule has 1 aromatic rings. The number of alkyl halides is 1. The van der Waals surface area contributed by atoms with Gasteiger partial charge in [-0.05, 0) is 49.1 Å². The Kier molecular flexibility index (Phi) is 3.52. The van der Waals surface area contributed by atoms with Crippen molar-refractivity contribution < 1.29 is 4.74 Å². The fourth-order valence-electron chi connectivity index (χ4n) is 4.05. The van der Waals surface area contributed by atoms with Crippen LogP contribution in [0, 0.1) is 11.3 Å². The highest BCUT2D eigenvalue weighted by Gasteiger charge is 2.51. The van der Waals surface area contributed by atoms with Crippen LogP contribution in [0.1, 0.15) is 37.2 Å². The number of rotatable bonds is 4. The van der Waals surface area contributed by atoms with Crippen molar-refractivity contribution in [2.24, 2.45) is 11.3 Å². The van der Waals surface area contributed by atoms with Gasteiger partial charge < -0.3 is 4.74 Å². The Morgan fingerprint density at radius 3 is 2.95 bits per heavy atom. The van der Waals surface area contributed by atoms with Crippen molar-refractivity contribution in [2.45, 2.75) is 42.6 Å². The lowest BCUT2D eigenvalue weighted by Crippen LogP contribution is -2.36. The Balaban J connectivity index is 1.58. The molecule has 0 amide bonds. The van der Waals surface area contributed by atoms with Crippen LogP contribution < -0.4 is 0 Å². The maximum absolute atomic E-state index is 6.45. The quantitative estimate of drug-likeness (QED) is 0.746. The van der Waals surface area contributed by atoms with Crippen LogP contribution >= 0.6 is 23.4 Å². The number of thioether (sulfide) groups is 1. The molecule has 4 rings (SSSR count). The normalized spacial score (nSPS) is 36.2. The Morgan fingerprint density at radius 2 is 2.15 bits per heavy atom. The van der Waals surface area contributed by atoms with E-state index in [9.17, 15) is 0 Å². The second kappa shape index (κ2) is 5.23. The molecule has 0 radical (unpaired) electrons. The van der Waals surface area contributed by atoms with Gasteiger partial charge in [-0.2, -0.15) is 0 Å². The number of ether oxygens (including phenoxy) is 1. The van der Waals surface area contributed by atoms with Crippen LogP contribution in [0.3, 0.4) is 0 Å². The highest BCUT2D eigenvalue weighted by molar-refractivity contribution is 7.99. The molecule has 20 heavy (non-hydrogen) atoms. The molecular formula is C17H21ClOS. The Morgan fingerprint density at radius 1 is 1.30 bits per heavy atom. The van der Waals surface area contributed by atoms with Gasteiger partial charge in [0, 0.05) is 28.6 Å². The largest absolute Gasteiger partial charge is 0.377 e. The zero-order chi connectivity index (χ0) is 13.6. The van der Waals surface area contributed by atoms with E-state index < -0.39 is 0 Å². The SMILES string of the molecule is ClCC1(CC2CSc3ccccc32)CCOC1C1CC1. The monoisotopic (exact) mass is 308 g/mol. The topological polar surface area (TPSA) is 9.23 Å². The molecule has 3 atom stereocenters. The molecule has 1 saturated carbocycles. The summed E-state index contributed by atoms with van der Waals surface area (Å²) in [6.07, 6.45) is 5.49.